The van der Waals surface area contributed by atoms with Crippen molar-refractivity contribution < 1.29 is 19.1 Å². The highest BCUT2D eigenvalue weighted by atomic mass is 16.5. The zero-order valence-electron chi connectivity index (χ0n) is 15.2. The van der Waals surface area contributed by atoms with E-state index in [0.29, 0.717) is 23.9 Å². The summed E-state index contributed by atoms with van der Waals surface area (Å²) >= 11 is 0. The molecule has 0 bridgehead atoms. The van der Waals surface area contributed by atoms with Gasteiger partial charge in [-0.1, -0.05) is 13.8 Å². The third kappa shape index (κ3) is 3.08. The molecule has 6 heteroatoms. The van der Waals surface area contributed by atoms with E-state index in [4.69, 9.17) is 4.74 Å². The SMILES string of the molecule is CC1(C)CC[C@@H](Oc2ccc3c(c2)CN(C2CCC(=O)NC2=O)C3=O)C1. The Morgan fingerprint density at radius 1 is 1.19 bits per heavy atom. The standard InChI is InChI=1S/C20H24N2O4/c1-20(2)8-7-14(10-20)26-13-3-4-15-12(9-13)11-22(19(15)25)16-5-6-17(23)21-18(16)24/h3-4,9,14,16H,5-8,10-11H2,1-2H3,(H,21,23,24)/t14-,16?/m1/s1. The van der Waals surface area contributed by atoms with Crippen molar-refractivity contribution in [3.8, 4) is 5.75 Å². The molecule has 2 aliphatic heterocycles. The first-order chi connectivity index (χ1) is 12.3. The molecule has 1 unspecified atom stereocenters. The summed E-state index contributed by atoms with van der Waals surface area (Å²) < 4.78 is 6.13. The Hall–Kier alpha value is -2.37. The Morgan fingerprint density at radius 3 is 2.69 bits per heavy atom. The van der Waals surface area contributed by atoms with Gasteiger partial charge in [0.15, 0.2) is 0 Å². The number of benzene rings is 1. The summed E-state index contributed by atoms with van der Waals surface area (Å²) in [7, 11) is 0. The minimum Gasteiger partial charge on any atom is -0.490 e. The first-order valence-corrected chi connectivity index (χ1v) is 9.27. The van der Waals surface area contributed by atoms with E-state index in [0.717, 1.165) is 30.6 Å². The second kappa shape index (κ2) is 6.11. The molecule has 3 aliphatic rings. The van der Waals surface area contributed by atoms with Crippen molar-refractivity contribution in [3.63, 3.8) is 0 Å². The maximum atomic E-state index is 12.7. The average Bonchev–Trinajstić information content (AvgIpc) is 3.07. The van der Waals surface area contributed by atoms with E-state index in [9.17, 15) is 14.4 Å². The molecule has 138 valence electrons. The number of piperidine rings is 1. The summed E-state index contributed by atoms with van der Waals surface area (Å²) in [6, 6.07) is 4.98. The normalized spacial score (nSPS) is 27.5. The largest absolute Gasteiger partial charge is 0.490 e. The van der Waals surface area contributed by atoms with E-state index in [-0.39, 0.29) is 30.2 Å². The van der Waals surface area contributed by atoms with Gasteiger partial charge in [-0.25, -0.2) is 0 Å². The highest BCUT2D eigenvalue weighted by Gasteiger charge is 2.39. The number of carbonyl (C=O) groups excluding carboxylic acids is 3. The number of hydrogen-bond acceptors (Lipinski definition) is 4. The fourth-order valence-corrected chi connectivity index (χ4v) is 4.29. The molecule has 26 heavy (non-hydrogen) atoms. The van der Waals surface area contributed by atoms with E-state index >= 15 is 0 Å². The van der Waals surface area contributed by atoms with Crippen LogP contribution in [0.15, 0.2) is 18.2 Å². The van der Waals surface area contributed by atoms with Crippen molar-refractivity contribution >= 4 is 17.7 Å². The lowest BCUT2D eigenvalue weighted by molar-refractivity contribution is -0.136. The van der Waals surface area contributed by atoms with Gasteiger partial charge in [-0.05, 0) is 54.9 Å². The highest BCUT2D eigenvalue weighted by molar-refractivity contribution is 6.05. The van der Waals surface area contributed by atoms with Gasteiger partial charge in [0.25, 0.3) is 5.91 Å². The van der Waals surface area contributed by atoms with Gasteiger partial charge in [0.2, 0.25) is 11.8 Å². The molecule has 2 atom stereocenters. The molecule has 1 aromatic carbocycles. The first-order valence-electron chi connectivity index (χ1n) is 9.27. The lowest BCUT2D eigenvalue weighted by Crippen LogP contribution is -2.52. The first kappa shape index (κ1) is 17.1. The smallest absolute Gasteiger partial charge is 0.255 e. The summed E-state index contributed by atoms with van der Waals surface area (Å²) in [5.74, 6) is -0.0231. The van der Waals surface area contributed by atoms with Gasteiger partial charge in [-0.15, -0.1) is 0 Å². The molecule has 2 fully saturated rings. The van der Waals surface area contributed by atoms with Crippen LogP contribution < -0.4 is 10.1 Å². The molecular weight excluding hydrogens is 332 g/mol. The van der Waals surface area contributed by atoms with Crippen molar-refractivity contribution in [1.29, 1.82) is 0 Å². The minimum absolute atomic E-state index is 0.150. The Morgan fingerprint density at radius 2 is 2.00 bits per heavy atom. The van der Waals surface area contributed by atoms with Crippen LogP contribution in [0.4, 0.5) is 0 Å². The van der Waals surface area contributed by atoms with Crippen molar-refractivity contribution in [3.05, 3.63) is 29.3 Å². The van der Waals surface area contributed by atoms with Crippen molar-refractivity contribution in [2.45, 2.75) is 64.6 Å². The molecule has 3 amide bonds. The van der Waals surface area contributed by atoms with Crippen LogP contribution in [-0.2, 0) is 16.1 Å². The number of imide groups is 1. The summed E-state index contributed by atoms with van der Waals surface area (Å²) in [5.41, 5.74) is 1.82. The predicted molar refractivity (Wildman–Crippen MR) is 94.5 cm³/mol. The van der Waals surface area contributed by atoms with Crippen LogP contribution in [0.25, 0.3) is 0 Å². The van der Waals surface area contributed by atoms with Crippen molar-refractivity contribution in [1.82, 2.24) is 10.2 Å². The molecule has 2 heterocycles. The fraction of sp³-hybridized carbons (Fsp3) is 0.550. The zero-order valence-corrected chi connectivity index (χ0v) is 15.2. The van der Waals surface area contributed by atoms with Crippen LogP contribution in [-0.4, -0.2) is 34.8 Å². The van der Waals surface area contributed by atoms with Crippen molar-refractivity contribution in [2.75, 3.05) is 0 Å². The summed E-state index contributed by atoms with van der Waals surface area (Å²) in [4.78, 5) is 37.7. The molecule has 0 aromatic heterocycles. The lowest BCUT2D eigenvalue weighted by Gasteiger charge is -2.29. The van der Waals surface area contributed by atoms with Crippen LogP contribution in [0.2, 0.25) is 0 Å². The molecule has 1 N–H and O–H groups in total. The van der Waals surface area contributed by atoms with Crippen LogP contribution in [0.3, 0.4) is 0 Å². The Bertz CT molecular complexity index is 786. The maximum absolute atomic E-state index is 12.7. The second-order valence-corrected chi connectivity index (χ2v) is 8.37. The quantitative estimate of drug-likeness (QED) is 0.844. The Kier molecular flexibility index (Phi) is 4.01. The topological polar surface area (TPSA) is 75.7 Å². The van der Waals surface area contributed by atoms with Gasteiger partial charge in [-0.3, -0.25) is 19.7 Å². The number of ether oxygens (including phenoxy) is 1. The van der Waals surface area contributed by atoms with E-state index < -0.39 is 6.04 Å². The third-order valence-electron chi connectivity index (χ3n) is 5.72. The Balaban J connectivity index is 1.48. The van der Waals surface area contributed by atoms with Crippen molar-refractivity contribution in [2.24, 2.45) is 5.41 Å². The van der Waals surface area contributed by atoms with Gasteiger partial charge in [0.1, 0.15) is 11.8 Å². The number of amides is 3. The second-order valence-electron chi connectivity index (χ2n) is 8.37. The molecule has 4 rings (SSSR count). The molecule has 1 aliphatic carbocycles. The molecule has 1 aromatic rings. The molecule has 1 saturated heterocycles. The number of rotatable bonds is 3. The van der Waals surface area contributed by atoms with E-state index in [1.165, 1.54) is 0 Å². The van der Waals surface area contributed by atoms with E-state index in [2.05, 4.69) is 19.2 Å². The van der Waals surface area contributed by atoms with Crippen LogP contribution in [0.5, 0.6) is 5.75 Å². The van der Waals surface area contributed by atoms with Crippen LogP contribution >= 0.6 is 0 Å². The highest BCUT2D eigenvalue weighted by Crippen LogP contribution is 2.39. The average molecular weight is 356 g/mol. The molecule has 6 nitrogen and oxygen atoms in total. The monoisotopic (exact) mass is 356 g/mol. The van der Waals surface area contributed by atoms with Gasteiger partial charge in [-0.2, -0.15) is 0 Å². The van der Waals surface area contributed by atoms with Crippen LogP contribution in [0, 0.1) is 5.41 Å². The molecule has 0 radical (unpaired) electrons. The summed E-state index contributed by atoms with van der Waals surface area (Å²) in [6.07, 6.45) is 4.10. The maximum Gasteiger partial charge on any atom is 0.255 e. The van der Waals surface area contributed by atoms with Gasteiger partial charge in [0.05, 0.1) is 6.10 Å². The minimum atomic E-state index is -0.576. The molecule has 0 spiro atoms. The van der Waals surface area contributed by atoms with Gasteiger partial charge < -0.3 is 9.64 Å². The van der Waals surface area contributed by atoms with Gasteiger partial charge >= 0.3 is 0 Å². The van der Waals surface area contributed by atoms with Crippen LogP contribution in [0.1, 0.15) is 61.9 Å². The van der Waals surface area contributed by atoms with E-state index in [1.807, 2.05) is 12.1 Å². The third-order valence-corrected chi connectivity index (χ3v) is 5.72. The molecule has 1 saturated carbocycles. The Labute approximate surface area is 152 Å². The molecular formula is C20H24N2O4. The number of nitrogens with one attached hydrogen (secondary N) is 1. The summed E-state index contributed by atoms with van der Waals surface area (Å²) in [6.45, 7) is 4.90. The summed E-state index contributed by atoms with van der Waals surface area (Å²) in [5, 5.41) is 2.32. The number of nitrogens with zero attached hydrogens (tertiary/aromatic N) is 1. The fourth-order valence-electron chi connectivity index (χ4n) is 4.29. The number of carbonyl (C=O) groups is 3. The zero-order chi connectivity index (χ0) is 18.5. The van der Waals surface area contributed by atoms with Gasteiger partial charge in [0, 0.05) is 18.5 Å². The number of hydrogen-bond donors (Lipinski definition) is 1. The number of fused-ring (bicyclic) bond motifs is 1. The predicted octanol–water partition coefficient (Wildman–Crippen LogP) is 2.41. The van der Waals surface area contributed by atoms with E-state index in [1.54, 1.807) is 11.0 Å². The lowest BCUT2D eigenvalue weighted by atomic mass is 9.92.